The van der Waals surface area contributed by atoms with Crippen LogP contribution in [-0.4, -0.2) is 34.5 Å². The number of nitrogens with zero attached hydrogens (tertiary/aromatic N) is 1. The molecule has 3 rings (SSSR count). The third-order valence-electron chi connectivity index (χ3n) is 4.84. The lowest BCUT2D eigenvalue weighted by Gasteiger charge is -2.37. The summed E-state index contributed by atoms with van der Waals surface area (Å²) >= 11 is 5.89. The molecule has 1 heterocycles. The van der Waals surface area contributed by atoms with Crippen molar-refractivity contribution in [3.8, 4) is 5.75 Å². The molecule has 0 atom stereocenters. The first-order valence-electron chi connectivity index (χ1n) is 8.62. The summed E-state index contributed by atoms with van der Waals surface area (Å²) in [6.45, 7) is -3.07. The number of pyridine rings is 1. The van der Waals surface area contributed by atoms with Crippen molar-refractivity contribution in [2.24, 2.45) is 5.92 Å². The van der Waals surface area contributed by atoms with Gasteiger partial charge in [0.05, 0.1) is 22.0 Å². The van der Waals surface area contributed by atoms with Gasteiger partial charge >= 0.3 is 12.8 Å². The minimum Gasteiger partial charge on any atom is -0.433 e. The Morgan fingerprint density at radius 2 is 1.93 bits per heavy atom. The maximum Gasteiger partial charge on any atom is 0.391 e. The zero-order valence-electron chi connectivity index (χ0n) is 14.8. The molecule has 2 aromatic rings. The molecular formula is C18H16ClF5N2O3. The van der Waals surface area contributed by atoms with Crippen LogP contribution in [0.3, 0.4) is 0 Å². The molecule has 1 fully saturated rings. The van der Waals surface area contributed by atoms with Crippen LogP contribution in [0.25, 0.3) is 10.9 Å². The number of aliphatic hydroxyl groups is 1. The minimum absolute atomic E-state index is 0.0301. The van der Waals surface area contributed by atoms with Gasteiger partial charge in [0.25, 0.3) is 5.91 Å². The van der Waals surface area contributed by atoms with Crippen LogP contribution in [-0.2, 0) is 0 Å². The first-order valence-corrected chi connectivity index (χ1v) is 9.00. The summed E-state index contributed by atoms with van der Waals surface area (Å²) in [5.74, 6) is -2.50. The van der Waals surface area contributed by atoms with Crippen LogP contribution >= 0.6 is 11.6 Å². The Labute approximate surface area is 166 Å². The normalized spacial score (nSPS) is 22.7. The largest absolute Gasteiger partial charge is 0.433 e. The number of alkyl halides is 5. The molecule has 1 amide bonds. The number of rotatable bonds is 4. The molecule has 1 aliphatic carbocycles. The Morgan fingerprint density at radius 3 is 2.52 bits per heavy atom. The van der Waals surface area contributed by atoms with E-state index in [9.17, 15) is 31.9 Å². The molecule has 0 saturated heterocycles. The molecule has 11 heteroatoms. The maximum absolute atomic E-state index is 12.8. The lowest BCUT2D eigenvalue weighted by Crippen LogP contribution is -2.51. The van der Waals surface area contributed by atoms with Gasteiger partial charge in [0.15, 0.2) is 0 Å². The average Bonchev–Trinajstić information content (AvgIpc) is 2.60. The Hall–Kier alpha value is -2.20. The third-order valence-corrected chi connectivity index (χ3v) is 5.13. The highest BCUT2D eigenvalue weighted by Crippen LogP contribution is 2.40. The van der Waals surface area contributed by atoms with E-state index in [4.69, 9.17) is 11.6 Å². The van der Waals surface area contributed by atoms with Crippen LogP contribution in [0.2, 0.25) is 5.02 Å². The number of hydrogen-bond donors (Lipinski definition) is 2. The highest BCUT2D eigenvalue weighted by atomic mass is 35.5. The predicted molar refractivity (Wildman–Crippen MR) is 93.8 cm³/mol. The second kappa shape index (κ2) is 7.91. The van der Waals surface area contributed by atoms with E-state index in [2.05, 4.69) is 15.0 Å². The van der Waals surface area contributed by atoms with Crippen LogP contribution in [0.1, 0.15) is 36.0 Å². The van der Waals surface area contributed by atoms with Gasteiger partial charge < -0.3 is 15.2 Å². The molecule has 2 N–H and O–H groups in total. The van der Waals surface area contributed by atoms with E-state index in [-0.39, 0.29) is 47.5 Å². The second-order valence-corrected chi connectivity index (χ2v) is 7.29. The number of nitrogens with one attached hydrogen (secondary N) is 1. The van der Waals surface area contributed by atoms with Crippen molar-refractivity contribution in [3.05, 3.63) is 35.0 Å². The smallest absolute Gasteiger partial charge is 0.391 e. The van der Waals surface area contributed by atoms with Gasteiger partial charge in [-0.2, -0.15) is 22.0 Å². The van der Waals surface area contributed by atoms with Gasteiger partial charge in [-0.3, -0.25) is 9.78 Å². The van der Waals surface area contributed by atoms with Crippen molar-refractivity contribution in [1.82, 2.24) is 10.3 Å². The van der Waals surface area contributed by atoms with Crippen molar-refractivity contribution >= 4 is 28.4 Å². The first kappa shape index (κ1) is 21.5. The molecule has 0 spiro atoms. The van der Waals surface area contributed by atoms with E-state index in [0.29, 0.717) is 5.39 Å². The monoisotopic (exact) mass is 438 g/mol. The number of carbonyl (C=O) groups excluding carboxylic acids is 1. The number of ether oxygens (including phenoxy) is 1. The standard InChI is InChI=1S/C18H16ClF5N2O3/c19-12-6-9-5-10(8-25-13(9)7-14(12)29-16(20)21)15(27)26-17(28)3-1-11(2-4-17)18(22,23)24/h5-8,11,16,28H,1-4H2,(H,26,27)/t11-,17-. The number of benzene rings is 1. The lowest BCUT2D eigenvalue weighted by atomic mass is 9.83. The molecule has 5 nitrogen and oxygen atoms in total. The van der Waals surface area contributed by atoms with E-state index in [0.717, 1.165) is 6.20 Å². The van der Waals surface area contributed by atoms with Crippen molar-refractivity contribution in [2.45, 2.75) is 44.2 Å². The number of amides is 1. The van der Waals surface area contributed by atoms with Crippen molar-refractivity contribution in [3.63, 3.8) is 0 Å². The van der Waals surface area contributed by atoms with Gasteiger partial charge in [0.1, 0.15) is 11.5 Å². The third kappa shape index (κ3) is 5.05. The summed E-state index contributed by atoms with van der Waals surface area (Å²) in [5.41, 5.74) is -1.48. The van der Waals surface area contributed by atoms with Gasteiger partial charge in [0.2, 0.25) is 0 Å². The first-order chi connectivity index (χ1) is 13.5. The summed E-state index contributed by atoms with van der Waals surface area (Å²) in [7, 11) is 0. The van der Waals surface area contributed by atoms with Crippen molar-refractivity contribution in [1.29, 1.82) is 0 Å². The topological polar surface area (TPSA) is 71.5 Å². The zero-order valence-corrected chi connectivity index (χ0v) is 15.5. The van der Waals surface area contributed by atoms with Gasteiger partial charge in [-0.05, 0) is 37.8 Å². The van der Waals surface area contributed by atoms with E-state index in [1.54, 1.807) is 0 Å². The summed E-state index contributed by atoms with van der Waals surface area (Å²) in [4.78, 5) is 16.4. The van der Waals surface area contributed by atoms with Crippen molar-refractivity contribution < 1.29 is 36.6 Å². The molecule has 1 saturated carbocycles. The number of aromatic nitrogens is 1. The van der Waals surface area contributed by atoms with E-state index in [1.807, 2.05) is 0 Å². The molecule has 0 aliphatic heterocycles. The molecule has 1 aromatic heterocycles. The second-order valence-electron chi connectivity index (χ2n) is 6.88. The maximum atomic E-state index is 12.8. The molecule has 0 bridgehead atoms. The number of halogens is 6. The van der Waals surface area contributed by atoms with Crippen LogP contribution in [0.15, 0.2) is 24.4 Å². The number of hydrogen-bond acceptors (Lipinski definition) is 4. The fourth-order valence-electron chi connectivity index (χ4n) is 3.27. The SMILES string of the molecule is O=C(N[C@]1(O)CC[C@H](C(F)(F)F)CC1)c1cnc2cc(OC(F)F)c(Cl)cc2c1. The Balaban J connectivity index is 1.74. The van der Waals surface area contributed by atoms with Gasteiger partial charge in [-0.25, -0.2) is 0 Å². The van der Waals surface area contributed by atoms with E-state index in [1.165, 1.54) is 18.2 Å². The highest BCUT2D eigenvalue weighted by molar-refractivity contribution is 6.32. The molecule has 1 aliphatic rings. The lowest BCUT2D eigenvalue weighted by molar-refractivity contribution is -0.193. The quantitative estimate of drug-likeness (QED) is 0.538. The predicted octanol–water partition coefficient (Wildman–Crippen LogP) is 4.66. The summed E-state index contributed by atoms with van der Waals surface area (Å²) < 4.78 is 67.3. The summed E-state index contributed by atoms with van der Waals surface area (Å²) in [6, 6.07) is 3.86. The number of carbonyl (C=O) groups is 1. The van der Waals surface area contributed by atoms with Crippen LogP contribution < -0.4 is 10.1 Å². The average molecular weight is 439 g/mol. The van der Waals surface area contributed by atoms with Crippen LogP contribution in [0.4, 0.5) is 22.0 Å². The fraction of sp³-hybridized carbons (Fsp3) is 0.444. The molecule has 0 radical (unpaired) electrons. The van der Waals surface area contributed by atoms with Gasteiger partial charge in [0, 0.05) is 17.6 Å². The Morgan fingerprint density at radius 1 is 1.28 bits per heavy atom. The summed E-state index contributed by atoms with van der Waals surface area (Å²) in [6.07, 6.45) is -4.23. The molecular weight excluding hydrogens is 423 g/mol. The van der Waals surface area contributed by atoms with Crippen LogP contribution in [0, 0.1) is 5.92 Å². The minimum atomic E-state index is -4.33. The van der Waals surface area contributed by atoms with E-state index >= 15 is 0 Å². The van der Waals surface area contributed by atoms with Crippen LogP contribution in [0.5, 0.6) is 5.75 Å². The fourth-order valence-corrected chi connectivity index (χ4v) is 3.49. The molecule has 0 unspecified atom stereocenters. The highest BCUT2D eigenvalue weighted by Gasteiger charge is 2.45. The Bertz CT molecular complexity index is 914. The van der Waals surface area contributed by atoms with Gasteiger partial charge in [-0.1, -0.05) is 11.6 Å². The zero-order chi connectivity index (χ0) is 21.4. The van der Waals surface area contributed by atoms with E-state index < -0.39 is 30.3 Å². The number of fused-ring (bicyclic) bond motifs is 1. The van der Waals surface area contributed by atoms with Gasteiger partial charge in [-0.15, -0.1) is 0 Å². The van der Waals surface area contributed by atoms with Crippen molar-refractivity contribution in [2.75, 3.05) is 0 Å². The molecule has 29 heavy (non-hydrogen) atoms. The Kier molecular flexibility index (Phi) is 5.86. The molecule has 158 valence electrons. The molecule has 1 aromatic carbocycles. The summed E-state index contributed by atoms with van der Waals surface area (Å²) in [5, 5.41) is 13.0.